The van der Waals surface area contributed by atoms with Crippen LogP contribution in [-0.4, -0.2) is 20.0 Å². The summed E-state index contributed by atoms with van der Waals surface area (Å²) in [5.74, 6) is 0. The molecule has 2 heterocycles. The Morgan fingerprint density at radius 2 is 1.95 bits per heavy atom. The molecule has 0 fully saturated rings. The third-order valence-electron chi connectivity index (χ3n) is 2.92. The third-order valence-corrected chi connectivity index (χ3v) is 3.39. The van der Waals surface area contributed by atoms with Crippen LogP contribution in [0.3, 0.4) is 0 Å². The molecule has 0 bridgehead atoms. The highest BCUT2D eigenvalue weighted by Gasteiger charge is 2.14. The standard InChI is InChI=1S/C13H11ClN4.ClH/c1-8-9-5-3-4-6-10(9)15-13(12(8)14)11-7-18(2)17-16-11;/h3-7H,1-2H3;1H. The first kappa shape index (κ1) is 13.8. The van der Waals surface area contributed by atoms with Gasteiger partial charge in [-0.15, -0.1) is 17.5 Å². The summed E-state index contributed by atoms with van der Waals surface area (Å²) in [4.78, 5) is 4.57. The largest absolute Gasteiger partial charge is 0.255 e. The molecule has 4 nitrogen and oxygen atoms in total. The van der Waals surface area contributed by atoms with Gasteiger partial charge in [0.05, 0.1) is 16.7 Å². The molecule has 6 heteroatoms. The van der Waals surface area contributed by atoms with Gasteiger partial charge in [-0.1, -0.05) is 35.0 Å². The van der Waals surface area contributed by atoms with Crippen molar-refractivity contribution in [2.24, 2.45) is 7.05 Å². The average molecular weight is 295 g/mol. The fraction of sp³-hybridized carbons (Fsp3) is 0.154. The van der Waals surface area contributed by atoms with Gasteiger partial charge >= 0.3 is 0 Å². The number of halogens is 2. The molecule has 0 radical (unpaired) electrons. The molecule has 0 N–H and O–H groups in total. The Kier molecular flexibility index (Phi) is 3.73. The molecule has 98 valence electrons. The minimum atomic E-state index is 0. The number of benzene rings is 1. The minimum Gasteiger partial charge on any atom is -0.255 e. The van der Waals surface area contributed by atoms with Crippen molar-refractivity contribution < 1.29 is 0 Å². The number of para-hydroxylation sites is 1. The second-order valence-electron chi connectivity index (χ2n) is 4.19. The summed E-state index contributed by atoms with van der Waals surface area (Å²) in [6.45, 7) is 1.99. The number of pyridine rings is 1. The molecule has 19 heavy (non-hydrogen) atoms. The number of fused-ring (bicyclic) bond motifs is 1. The molecule has 0 saturated heterocycles. The zero-order valence-corrected chi connectivity index (χ0v) is 12.0. The molecule has 0 spiro atoms. The molecule has 0 saturated carbocycles. The maximum Gasteiger partial charge on any atom is 0.132 e. The maximum atomic E-state index is 6.38. The zero-order chi connectivity index (χ0) is 12.7. The number of aryl methyl sites for hydroxylation is 2. The van der Waals surface area contributed by atoms with Crippen molar-refractivity contribution in [3.63, 3.8) is 0 Å². The second-order valence-corrected chi connectivity index (χ2v) is 4.57. The van der Waals surface area contributed by atoms with Gasteiger partial charge < -0.3 is 0 Å². The van der Waals surface area contributed by atoms with Crippen LogP contribution in [0.5, 0.6) is 0 Å². The van der Waals surface area contributed by atoms with Gasteiger partial charge in [0.15, 0.2) is 0 Å². The molecule has 0 atom stereocenters. The van der Waals surface area contributed by atoms with Crippen molar-refractivity contribution in [3.05, 3.63) is 41.0 Å². The van der Waals surface area contributed by atoms with Gasteiger partial charge in [-0.25, -0.2) is 4.98 Å². The van der Waals surface area contributed by atoms with E-state index in [1.165, 1.54) is 0 Å². The number of rotatable bonds is 1. The van der Waals surface area contributed by atoms with E-state index in [1.54, 1.807) is 4.68 Å². The van der Waals surface area contributed by atoms with E-state index in [-0.39, 0.29) is 12.4 Å². The van der Waals surface area contributed by atoms with Crippen LogP contribution in [0.2, 0.25) is 5.02 Å². The van der Waals surface area contributed by atoms with Gasteiger partial charge in [0.1, 0.15) is 11.4 Å². The quantitative estimate of drug-likeness (QED) is 0.691. The van der Waals surface area contributed by atoms with Crippen LogP contribution in [0.15, 0.2) is 30.5 Å². The molecule has 3 rings (SSSR count). The Bertz CT molecular complexity index is 737. The lowest BCUT2D eigenvalue weighted by atomic mass is 10.1. The Morgan fingerprint density at radius 1 is 1.21 bits per heavy atom. The fourth-order valence-corrected chi connectivity index (χ4v) is 2.22. The fourth-order valence-electron chi connectivity index (χ4n) is 1.98. The number of nitrogens with zero attached hydrogens (tertiary/aromatic N) is 4. The predicted octanol–water partition coefficient (Wildman–Crippen LogP) is 3.41. The summed E-state index contributed by atoms with van der Waals surface area (Å²) in [6.07, 6.45) is 1.81. The molecule has 3 aromatic rings. The van der Waals surface area contributed by atoms with Crippen LogP contribution in [0, 0.1) is 6.92 Å². The lowest BCUT2D eigenvalue weighted by molar-refractivity contribution is 0.715. The van der Waals surface area contributed by atoms with Crippen molar-refractivity contribution in [1.29, 1.82) is 0 Å². The lowest BCUT2D eigenvalue weighted by Gasteiger charge is -2.07. The molecular weight excluding hydrogens is 283 g/mol. The average Bonchev–Trinajstić information content (AvgIpc) is 2.80. The summed E-state index contributed by atoms with van der Waals surface area (Å²) in [5.41, 5.74) is 3.31. The first-order valence-corrected chi connectivity index (χ1v) is 5.96. The van der Waals surface area contributed by atoms with Crippen molar-refractivity contribution in [2.75, 3.05) is 0 Å². The van der Waals surface area contributed by atoms with E-state index in [0.717, 1.165) is 16.5 Å². The van der Waals surface area contributed by atoms with E-state index < -0.39 is 0 Å². The number of aromatic nitrogens is 4. The predicted molar refractivity (Wildman–Crippen MR) is 78.7 cm³/mol. The Balaban J connectivity index is 0.00000133. The molecular formula is C13H12Cl2N4. The van der Waals surface area contributed by atoms with Gasteiger partial charge in [-0.3, -0.25) is 4.68 Å². The smallest absolute Gasteiger partial charge is 0.132 e. The summed E-state index contributed by atoms with van der Waals surface area (Å²) >= 11 is 6.38. The third kappa shape index (κ3) is 2.29. The molecule has 0 unspecified atom stereocenters. The number of hydrogen-bond acceptors (Lipinski definition) is 3. The first-order valence-electron chi connectivity index (χ1n) is 5.58. The Morgan fingerprint density at radius 3 is 2.63 bits per heavy atom. The minimum absolute atomic E-state index is 0. The van der Waals surface area contributed by atoms with Gasteiger partial charge in [-0.05, 0) is 18.6 Å². The van der Waals surface area contributed by atoms with Crippen LogP contribution in [-0.2, 0) is 7.05 Å². The normalized spacial score (nSPS) is 10.5. The molecule has 1 aromatic carbocycles. The van der Waals surface area contributed by atoms with Crippen LogP contribution in [0.25, 0.3) is 22.3 Å². The van der Waals surface area contributed by atoms with Gasteiger partial charge in [0.25, 0.3) is 0 Å². The van der Waals surface area contributed by atoms with E-state index >= 15 is 0 Å². The lowest BCUT2D eigenvalue weighted by Crippen LogP contribution is -1.91. The summed E-state index contributed by atoms with van der Waals surface area (Å²) in [7, 11) is 1.82. The van der Waals surface area contributed by atoms with E-state index in [1.807, 2.05) is 44.4 Å². The molecule has 0 aliphatic heterocycles. The second kappa shape index (κ2) is 5.15. The van der Waals surface area contributed by atoms with Crippen LogP contribution < -0.4 is 0 Å². The van der Waals surface area contributed by atoms with Gasteiger partial charge in [0, 0.05) is 12.4 Å². The van der Waals surface area contributed by atoms with E-state index in [2.05, 4.69) is 15.3 Å². The van der Waals surface area contributed by atoms with E-state index in [0.29, 0.717) is 16.4 Å². The molecule has 0 amide bonds. The Labute approximate surface area is 121 Å². The van der Waals surface area contributed by atoms with Crippen molar-refractivity contribution >= 4 is 34.9 Å². The van der Waals surface area contributed by atoms with Crippen LogP contribution in [0.4, 0.5) is 0 Å². The molecule has 0 aliphatic rings. The van der Waals surface area contributed by atoms with E-state index in [4.69, 9.17) is 11.6 Å². The first-order chi connectivity index (χ1) is 8.66. The highest BCUT2D eigenvalue weighted by atomic mass is 35.5. The molecule has 0 aliphatic carbocycles. The molecule has 2 aromatic heterocycles. The van der Waals surface area contributed by atoms with Gasteiger partial charge in [0.2, 0.25) is 0 Å². The van der Waals surface area contributed by atoms with Crippen LogP contribution in [0.1, 0.15) is 5.56 Å². The summed E-state index contributed by atoms with van der Waals surface area (Å²) in [6, 6.07) is 7.93. The zero-order valence-electron chi connectivity index (χ0n) is 10.5. The van der Waals surface area contributed by atoms with Crippen molar-refractivity contribution in [1.82, 2.24) is 20.0 Å². The number of hydrogen-bond donors (Lipinski definition) is 0. The van der Waals surface area contributed by atoms with Crippen LogP contribution >= 0.6 is 24.0 Å². The Hall–Kier alpha value is -1.65. The highest BCUT2D eigenvalue weighted by molar-refractivity contribution is 6.34. The van der Waals surface area contributed by atoms with Gasteiger partial charge in [-0.2, -0.15) is 0 Å². The monoisotopic (exact) mass is 294 g/mol. The van der Waals surface area contributed by atoms with E-state index in [9.17, 15) is 0 Å². The van der Waals surface area contributed by atoms with Crippen molar-refractivity contribution in [3.8, 4) is 11.4 Å². The van der Waals surface area contributed by atoms with Crippen molar-refractivity contribution in [2.45, 2.75) is 6.92 Å². The maximum absolute atomic E-state index is 6.38. The highest BCUT2D eigenvalue weighted by Crippen LogP contribution is 2.31. The summed E-state index contributed by atoms with van der Waals surface area (Å²) in [5, 5.41) is 9.67. The summed E-state index contributed by atoms with van der Waals surface area (Å²) < 4.78 is 1.64. The topological polar surface area (TPSA) is 43.6 Å². The SMILES string of the molecule is Cc1c(Cl)c(-c2cn(C)nn2)nc2ccccc12.Cl.